The van der Waals surface area contributed by atoms with Gasteiger partial charge < -0.3 is 4.74 Å². The van der Waals surface area contributed by atoms with Gasteiger partial charge in [0.25, 0.3) is 0 Å². The molecular formula is C10H16O3. The van der Waals surface area contributed by atoms with Crippen LogP contribution in [-0.4, -0.2) is 25.3 Å². The second kappa shape index (κ2) is 4.51. The van der Waals surface area contributed by atoms with Crippen LogP contribution in [0, 0.1) is 11.8 Å². The number of carbonyl (C=O) groups is 2. The number of methoxy groups -OCH3 is 1. The summed E-state index contributed by atoms with van der Waals surface area (Å²) in [4.78, 5) is 22.5. The van der Waals surface area contributed by atoms with E-state index in [-0.39, 0.29) is 23.9 Å². The quantitative estimate of drug-likeness (QED) is 0.583. The van der Waals surface area contributed by atoms with Crippen LogP contribution in [0.15, 0.2) is 0 Å². The van der Waals surface area contributed by atoms with E-state index < -0.39 is 0 Å². The Kier molecular flexibility index (Phi) is 3.60. The lowest BCUT2D eigenvalue weighted by Crippen LogP contribution is -2.11. The second-order valence-electron chi connectivity index (χ2n) is 3.74. The van der Waals surface area contributed by atoms with Crippen molar-refractivity contribution in [2.75, 3.05) is 13.7 Å². The lowest BCUT2D eigenvalue weighted by atomic mass is 10.1. The van der Waals surface area contributed by atoms with Crippen LogP contribution in [0.2, 0.25) is 0 Å². The predicted molar refractivity (Wildman–Crippen MR) is 48.4 cm³/mol. The fraction of sp³-hybridized carbons (Fsp3) is 0.800. The number of hydrogen-bond donors (Lipinski definition) is 0. The molecule has 0 heterocycles. The summed E-state index contributed by atoms with van der Waals surface area (Å²) in [5, 5.41) is 0. The third-order valence-electron chi connectivity index (χ3n) is 2.48. The highest BCUT2D eigenvalue weighted by atomic mass is 16.5. The average Bonchev–Trinajstić information content (AvgIpc) is 2.79. The molecule has 1 aliphatic carbocycles. The van der Waals surface area contributed by atoms with Gasteiger partial charge in [-0.3, -0.25) is 9.59 Å². The summed E-state index contributed by atoms with van der Waals surface area (Å²) >= 11 is 0. The molecule has 0 spiro atoms. The molecule has 0 aliphatic heterocycles. The first-order valence-corrected chi connectivity index (χ1v) is 4.68. The topological polar surface area (TPSA) is 43.4 Å². The number of carbonyl (C=O) groups excluding carboxylic acids is 2. The molecule has 0 aromatic rings. The molecule has 0 amide bonds. The molecule has 0 aromatic carbocycles. The van der Waals surface area contributed by atoms with Crippen molar-refractivity contribution in [3.8, 4) is 0 Å². The van der Waals surface area contributed by atoms with Crippen molar-refractivity contribution in [3.05, 3.63) is 0 Å². The van der Waals surface area contributed by atoms with Gasteiger partial charge in [-0.15, -0.1) is 0 Å². The fourth-order valence-corrected chi connectivity index (χ4v) is 1.40. The third kappa shape index (κ3) is 3.27. The highest BCUT2D eigenvalue weighted by molar-refractivity contribution is 6.01. The minimum absolute atomic E-state index is 0.00551. The molecule has 2 unspecified atom stereocenters. The minimum atomic E-state index is 0.00551. The monoisotopic (exact) mass is 184 g/mol. The zero-order valence-corrected chi connectivity index (χ0v) is 8.21. The molecule has 1 rings (SSSR count). The summed E-state index contributed by atoms with van der Waals surface area (Å²) in [5.74, 6) is 0.800. The van der Waals surface area contributed by atoms with E-state index in [0.717, 1.165) is 6.42 Å². The number of Topliss-reactive ketones (excluding diaryl/α,β-unsaturated/α-hetero) is 2. The molecule has 0 bridgehead atoms. The highest BCUT2D eigenvalue weighted by Gasteiger charge is 2.38. The van der Waals surface area contributed by atoms with Gasteiger partial charge in [0.05, 0.1) is 13.0 Å². The Bertz CT molecular complexity index is 210. The van der Waals surface area contributed by atoms with Gasteiger partial charge in [0.1, 0.15) is 11.6 Å². The van der Waals surface area contributed by atoms with Gasteiger partial charge in [-0.1, -0.05) is 6.92 Å². The van der Waals surface area contributed by atoms with E-state index in [4.69, 9.17) is 4.74 Å². The Hall–Kier alpha value is -0.700. The average molecular weight is 184 g/mol. The molecule has 0 N–H and O–H groups in total. The maximum absolute atomic E-state index is 11.3. The van der Waals surface area contributed by atoms with Crippen LogP contribution in [0.25, 0.3) is 0 Å². The van der Waals surface area contributed by atoms with Gasteiger partial charge in [0.15, 0.2) is 0 Å². The summed E-state index contributed by atoms with van der Waals surface area (Å²) in [6.07, 6.45) is 1.44. The van der Waals surface area contributed by atoms with Crippen LogP contribution in [0.1, 0.15) is 26.2 Å². The predicted octanol–water partition coefficient (Wildman–Crippen LogP) is 1.21. The van der Waals surface area contributed by atoms with Crippen LogP contribution in [0.4, 0.5) is 0 Å². The summed E-state index contributed by atoms with van der Waals surface area (Å²) in [5.41, 5.74) is 0. The Balaban J connectivity index is 2.16. The molecule has 2 atom stereocenters. The van der Waals surface area contributed by atoms with Gasteiger partial charge >= 0.3 is 0 Å². The maximum atomic E-state index is 11.3. The second-order valence-corrected chi connectivity index (χ2v) is 3.74. The molecule has 0 saturated heterocycles. The molecule has 1 fully saturated rings. The summed E-state index contributed by atoms with van der Waals surface area (Å²) in [6.45, 7) is 2.47. The molecule has 3 nitrogen and oxygen atoms in total. The van der Waals surface area contributed by atoms with Crippen molar-refractivity contribution in [3.63, 3.8) is 0 Å². The highest BCUT2D eigenvalue weighted by Crippen LogP contribution is 2.39. The van der Waals surface area contributed by atoms with Crippen molar-refractivity contribution in [1.29, 1.82) is 0 Å². The molecule has 74 valence electrons. The first-order chi connectivity index (χ1) is 6.15. The van der Waals surface area contributed by atoms with Crippen LogP contribution < -0.4 is 0 Å². The zero-order valence-electron chi connectivity index (χ0n) is 8.21. The van der Waals surface area contributed by atoms with Crippen LogP contribution in [0.3, 0.4) is 0 Å². The Labute approximate surface area is 78.5 Å². The number of ketones is 2. The zero-order chi connectivity index (χ0) is 9.84. The van der Waals surface area contributed by atoms with E-state index in [0.29, 0.717) is 18.9 Å². The Morgan fingerprint density at radius 2 is 2.08 bits per heavy atom. The van der Waals surface area contributed by atoms with Crippen LogP contribution in [0.5, 0.6) is 0 Å². The largest absolute Gasteiger partial charge is 0.384 e. The van der Waals surface area contributed by atoms with Crippen LogP contribution in [-0.2, 0) is 14.3 Å². The number of hydrogen-bond acceptors (Lipinski definition) is 3. The first-order valence-electron chi connectivity index (χ1n) is 4.68. The van der Waals surface area contributed by atoms with Crippen molar-refractivity contribution < 1.29 is 14.3 Å². The molecule has 0 aromatic heterocycles. The number of rotatable bonds is 6. The number of ether oxygens (including phenoxy) is 1. The SMILES string of the molecule is COCCC(=O)CC(=O)C1CC1C. The summed E-state index contributed by atoms with van der Waals surface area (Å²) in [6, 6.07) is 0. The molecule has 1 saturated carbocycles. The lowest BCUT2D eigenvalue weighted by Gasteiger charge is -1.98. The Morgan fingerprint density at radius 1 is 1.46 bits per heavy atom. The van der Waals surface area contributed by atoms with Crippen molar-refractivity contribution >= 4 is 11.6 Å². The molecular weight excluding hydrogens is 168 g/mol. The summed E-state index contributed by atoms with van der Waals surface area (Å²) in [7, 11) is 1.55. The lowest BCUT2D eigenvalue weighted by molar-refractivity contribution is -0.128. The summed E-state index contributed by atoms with van der Waals surface area (Å²) < 4.78 is 4.76. The van der Waals surface area contributed by atoms with E-state index in [1.807, 2.05) is 6.92 Å². The third-order valence-corrected chi connectivity index (χ3v) is 2.48. The first kappa shape index (κ1) is 10.4. The van der Waals surface area contributed by atoms with Gasteiger partial charge in [-0.25, -0.2) is 0 Å². The van der Waals surface area contributed by atoms with E-state index >= 15 is 0 Å². The smallest absolute Gasteiger partial charge is 0.143 e. The van der Waals surface area contributed by atoms with E-state index in [1.54, 1.807) is 7.11 Å². The molecule has 13 heavy (non-hydrogen) atoms. The van der Waals surface area contributed by atoms with E-state index in [9.17, 15) is 9.59 Å². The van der Waals surface area contributed by atoms with E-state index in [1.165, 1.54) is 0 Å². The fourth-order valence-electron chi connectivity index (χ4n) is 1.40. The maximum Gasteiger partial charge on any atom is 0.143 e. The van der Waals surface area contributed by atoms with E-state index in [2.05, 4.69) is 0 Å². The Morgan fingerprint density at radius 3 is 2.54 bits per heavy atom. The van der Waals surface area contributed by atoms with Crippen molar-refractivity contribution in [1.82, 2.24) is 0 Å². The molecule has 1 aliphatic rings. The molecule has 0 radical (unpaired) electrons. The molecule has 3 heteroatoms. The van der Waals surface area contributed by atoms with Gasteiger partial charge in [0.2, 0.25) is 0 Å². The van der Waals surface area contributed by atoms with Gasteiger partial charge in [0, 0.05) is 19.4 Å². The van der Waals surface area contributed by atoms with Crippen LogP contribution >= 0.6 is 0 Å². The standard InChI is InChI=1S/C10H16O3/c1-7-5-9(7)10(12)6-8(11)3-4-13-2/h7,9H,3-6H2,1-2H3. The van der Waals surface area contributed by atoms with Crippen molar-refractivity contribution in [2.24, 2.45) is 11.8 Å². The van der Waals surface area contributed by atoms with Crippen molar-refractivity contribution in [2.45, 2.75) is 26.2 Å². The minimum Gasteiger partial charge on any atom is -0.384 e. The van der Waals surface area contributed by atoms with Gasteiger partial charge in [-0.05, 0) is 12.3 Å². The normalized spacial score (nSPS) is 25.7. The van der Waals surface area contributed by atoms with Gasteiger partial charge in [-0.2, -0.15) is 0 Å².